The van der Waals surface area contributed by atoms with Gasteiger partial charge in [-0.1, -0.05) is 0 Å². The van der Waals surface area contributed by atoms with Crippen molar-refractivity contribution in [3.05, 3.63) is 11.8 Å². The molecule has 0 fully saturated rings. The first-order valence-corrected chi connectivity index (χ1v) is 4.33. The highest BCUT2D eigenvalue weighted by molar-refractivity contribution is 5.82. The summed E-state index contributed by atoms with van der Waals surface area (Å²) in [6.07, 6.45) is 1.84. The lowest BCUT2D eigenvalue weighted by Crippen LogP contribution is -2.42. The van der Waals surface area contributed by atoms with E-state index < -0.39 is 0 Å². The fraction of sp³-hybridized carbons (Fsp3) is 0.667. The van der Waals surface area contributed by atoms with Crippen molar-refractivity contribution < 1.29 is 9.84 Å². The molecule has 0 bridgehead atoms. The van der Waals surface area contributed by atoms with E-state index in [0.29, 0.717) is 6.54 Å². The van der Waals surface area contributed by atoms with Crippen molar-refractivity contribution in [2.24, 2.45) is 4.99 Å². The molecule has 0 aromatic heterocycles. The summed E-state index contributed by atoms with van der Waals surface area (Å²) in [6, 6.07) is 0. The second kappa shape index (κ2) is 4.39. The van der Waals surface area contributed by atoms with Crippen LogP contribution in [0.25, 0.3) is 0 Å². The minimum absolute atomic E-state index is 0.0929. The van der Waals surface area contributed by atoms with Crippen LogP contribution in [0.3, 0.4) is 0 Å². The summed E-state index contributed by atoms with van der Waals surface area (Å²) in [7, 11) is 1.65. The summed E-state index contributed by atoms with van der Waals surface area (Å²) in [5.74, 6) is 0.890. The van der Waals surface area contributed by atoms with Gasteiger partial charge in [0.15, 0.2) is 6.23 Å². The van der Waals surface area contributed by atoms with Gasteiger partial charge in [-0.05, 0) is 19.9 Å². The Morgan fingerprint density at radius 1 is 1.62 bits per heavy atom. The van der Waals surface area contributed by atoms with Gasteiger partial charge in [-0.2, -0.15) is 0 Å². The van der Waals surface area contributed by atoms with Gasteiger partial charge >= 0.3 is 0 Å². The molecule has 0 amide bonds. The Kier molecular flexibility index (Phi) is 3.45. The van der Waals surface area contributed by atoms with E-state index in [1.54, 1.807) is 7.11 Å². The van der Waals surface area contributed by atoms with Crippen LogP contribution in [0.4, 0.5) is 0 Å². The molecule has 1 heterocycles. The highest BCUT2D eigenvalue weighted by Crippen LogP contribution is 2.14. The summed E-state index contributed by atoms with van der Waals surface area (Å²) in [5.41, 5.74) is 0.957. The third-order valence-electron chi connectivity index (χ3n) is 2.03. The molecule has 0 radical (unpaired) electrons. The Balaban J connectivity index is 2.77. The molecule has 4 nitrogen and oxygen atoms in total. The van der Waals surface area contributed by atoms with E-state index in [0.717, 1.165) is 11.5 Å². The standard InChI is InChI=1S/C9H16N2O2/c1-7-6-9(13-3)11(4-5-12)8(2)10-7/h6,9,12H,4-5H2,1-3H3. The van der Waals surface area contributed by atoms with Crippen molar-refractivity contribution in [2.45, 2.75) is 20.1 Å². The Morgan fingerprint density at radius 2 is 2.31 bits per heavy atom. The van der Waals surface area contributed by atoms with Crippen molar-refractivity contribution in [3.63, 3.8) is 0 Å². The number of ether oxygens (including phenoxy) is 1. The molecule has 1 unspecified atom stereocenters. The third-order valence-corrected chi connectivity index (χ3v) is 2.03. The van der Waals surface area contributed by atoms with E-state index in [4.69, 9.17) is 9.84 Å². The van der Waals surface area contributed by atoms with E-state index >= 15 is 0 Å². The Hall–Kier alpha value is -0.870. The van der Waals surface area contributed by atoms with Crippen molar-refractivity contribution in [1.29, 1.82) is 0 Å². The molecule has 0 saturated heterocycles. The fourth-order valence-corrected chi connectivity index (χ4v) is 1.43. The number of hydrogen-bond donors (Lipinski definition) is 1. The summed E-state index contributed by atoms with van der Waals surface area (Å²) in [4.78, 5) is 6.22. The summed E-state index contributed by atoms with van der Waals surface area (Å²) < 4.78 is 5.25. The largest absolute Gasteiger partial charge is 0.395 e. The number of amidine groups is 1. The molecule has 4 heteroatoms. The predicted molar refractivity (Wildman–Crippen MR) is 51.5 cm³/mol. The quantitative estimate of drug-likeness (QED) is 0.698. The Morgan fingerprint density at radius 3 is 2.85 bits per heavy atom. The summed E-state index contributed by atoms with van der Waals surface area (Å²) in [6.45, 7) is 4.52. The first-order valence-electron chi connectivity index (χ1n) is 4.33. The number of hydrogen-bond acceptors (Lipinski definition) is 4. The predicted octanol–water partition coefficient (Wildman–Crippen LogP) is 0.589. The van der Waals surface area contributed by atoms with Crippen molar-refractivity contribution in [1.82, 2.24) is 4.90 Å². The van der Waals surface area contributed by atoms with Crippen LogP contribution in [-0.4, -0.2) is 42.3 Å². The molecule has 1 aliphatic heterocycles. The molecule has 1 atom stereocenters. The van der Waals surface area contributed by atoms with Gasteiger partial charge in [-0.3, -0.25) is 0 Å². The monoisotopic (exact) mass is 184 g/mol. The van der Waals surface area contributed by atoms with Gasteiger partial charge in [0.1, 0.15) is 5.84 Å². The Bertz CT molecular complexity index is 236. The molecule has 0 aromatic rings. The number of aliphatic hydroxyl groups excluding tert-OH is 1. The van der Waals surface area contributed by atoms with Crippen LogP contribution in [0.2, 0.25) is 0 Å². The van der Waals surface area contributed by atoms with Crippen molar-refractivity contribution >= 4 is 5.84 Å². The third kappa shape index (κ3) is 2.29. The number of aliphatic imine (C=N–C) groups is 1. The van der Waals surface area contributed by atoms with Gasteiger partial charge in [-0.15, -0.1) is 0 Å². The minimum Gasteiger partial charge on any atom is -0.395 e. The van der Waals surface area contributed by atoms with Gasteiger partial charge in [0, 0.05) is 19.4 Å². The first kappa shape index (κ1) is 10.2. The average molecular weight is 184 g/mol. The van der Waals surface area contributed by atoms with Crippen LogP contribution in [0, 0.1) is 0 Å². The average Bonchev–Trinajstić information content (AvgIpc) is 2.09. The molecule has 0 aromatic carbocycles. The molecule has 1 rings (SSSR count). The minimum atomic E-state index is -0.0929. The van der Waals surface area contributed by atoms with E-state index in [-0.39, 0.29) is 12.8 Å². The van der Waals surface area contributed by atoms with Gasteiger partial charge in [0.05, 0.1) is 6.61 Å². The first-order chi connectivity index (χ1) is 6.19. The topological polar surface area (TPSA) is 45.1 Å². The van der Waals surface area contributed by atoms with E-state index in [1.165, 1.54) is 0 Å². The molecule has 1 aliphatic rings. The van der Waals surface area contributed by atoms with Gasteiger partial charge < -0.3 is 14.7 Å². The van der Waals surface area contributed by atoms with Gasteiger partial charge in [0.25, 0.3) is 0 Å². The Labute approximate surface area is 78.5 Å². The zero-order valence-corrected chi connectivity index (χ0v) is 8.32. The summed E-state index contributed by atoms with van der Waals surface area (Å²) in [5, 5.41) is 8.84. The zero-order chi connectivity index (χ0) is 9.84. The smallest absolute Gasteiger partial charge is 0.152 e. The summed E-state index contributed by atoms with van der Waals surface area (Å²) >= 11 is 0. The zero-order valence-electron chi connectivity index (χ0n) is 8.32. The SMILES string of the molecule is COC1C=C(C)N=C(C)N1CCO. The highest BCUT2D eigenvalue weighted by Gasteiger charge is 2.20. The van der Waals surface area contributed by atoms with Crippen molar-refractivity contribution in [2.75, 3.05) is 20.3 Å². The van der Waals surface area contributed by atoms with Crippen molar-refractivity contribution in [3.8, 4) is 0 Å². The molecule has 0 aliphatic carbocycles. The van der Waals surface area contributed by atoms with E-state index in [2.05, 4.69) is 4.99 Å². The maximum Gasteiger partial charge on any atom is 0.152 e. The second-order valence-corrected chi connectivity index (χ2v) is 3.01. The molecule has 13 heavy (non-hydrogen) atoms. The maximum atomic E-state index is 8.84. The van der Waals surface area contributed by atoms with E-state index in [9.17, 15) is 0 Å². The number of allylic oxidation sites excluding steroid dienone is 1. The van der Waals surface area contributed by atoms with Crippen LogP contribution >= 0.6 is 0 Å². The number of nitrogens with zero attached hydrogens (tertiary/aromatic N) is 2. The lowest BCUT2D eigenvalue weighted by atomic mass is 10.3. The van der Waals surface area contributed by atoms with E-state index in [1.807, 2.05) is 24.8 Å². The highest BCUT2D eigenvalue weighted by atomic mass is 16.5. The van der Waals surface area contributed by atoms with Crippen LogP contribution in [0.5, 0.6) is 0 Å². The molecule has 74 valence electrons. The lowest BCUT2D eigenvalue weighted by Gasteiger charge is -2.32. The van der Waals surface area contributed by atoms with Crippen LogP contribution < -0.4 is 0 Å². The number of β-amino-alcohol motifs (C(OH)–C–C–N with tert-alkyl or cyclic N) is 1. The van der Waals surface area contributed by atoms with Crippen LogP contribution in [-0.2, 0) is 4.74 Å². The molecule has 0 saturated carbocycles. The molecular weight excluding hydrogens is 168 g/mol. The second-order valence-electron chi connectivity index (χ2n) is 3.01. The normalized spacial score (nSPS) is 22.8. The number of aliphatic hydroxyl groups is 1. The van der Waals surface area contributed by atoms with Crippen LogP contribution in [0.1, 0.15) is 13.8 Å². The lowest BCUT2D eigenvalue weighted by molar-refractivity contribution is 0.0337. The molecule has 1 N–H and O–H groups in total. The maximum absolute atomic E-state index is 8.84. The molecular formula is C9H16N2O2. The number of rotatable bonds is 3. The van der Waals surface area contributed by atoms with Crippen LogP contribution in [0.15, 0.2) is 16.8 Å². The fourth-order valence-electron chi connectivity index (χ4n) is 1.43. The van der Waals surface area contributed by atoms with Gasteiger partial charge in [0.2, 0.25) is 0 Å². The number of methoxy groups -OCH3 is 1. The molecule has 0 spiro atoms. The van der Waals surface area contributed by atoms with Gasteiger partial charge in [-0.25, -0.2) is 4.99 Å².